The number of hydrogen-bond acceptors (Lipinski definition) is 3. The third kappa shape index (κ3) is 2.98. The van der Waals surface area contributed by atoms with Crippen LogP contribution in [0.25, 0.3) is 0 Å². The molecule has 1 aromatic rings. The van der Waals surface area contributed by atoms with Crippen molar-refractivity contribution in [2.45, 2.75) is 46.1 Å². The highest BCUT2D eigenvalue weighted by Crippen LogP contribution is 2.48. The van der Waals surface area contributed by atoms with Crippen LogP contribution in [0.1, 0.15) is 44.0 Å². The van der Waals surface area contributed by atoms with E-state index in [0.29, 0.717) is 0 Å². The summed E-state index contributed by atoms with van der Waals surface area (Å²) in [5, 5.41) is 3.34. The molecule has 0 saturated heterocycles. The smallest absolute Gasteiger partial charge is 0.142 e. The van der Waals surface area contributed by atoms with Crippen molar-refractivity contribution in [1.82, 2.24) is 10.3 Å². The number of rotatable bonds is 6. The third-order valence-electron chi connectivity index (χ3n) is 4.95. The predicted molar refractivity (Wildman–Crippen MR) is 80.8 cm³/mol. The number of nitrogens with zero attached hydrogens (tertiary/aromatic N) is 1. The summed E-state index contributed by atoms with van der Waals surface area (Å²) < 4.78 is 6.12. The first-order chi connectivity index (χ1) is 9.76. The quantitative estimate of drug-likeness (QED) is 0.864. The van der Waals surface area contributed by atoms with Gasteiger partial charge in [-0.3, -0.25) is 4.98 Å². The fourth-order valence-corrected chi connectivity index (χ4v) is 3.88. The van der Waals surface area contributed by atoms with E-state index in [-0.39, 0.29) is 0 Å². The van der Waals surface area contributed by atoms with Crippen molar-refractivity contribution in [2.24, 2.45) is 17.8 Å². The van der Waals surface area contributed by atoms with Gasteiger partial charge in [-0.25, -0.2) is 0 Å². The molecule has 2 aliphatic carbocycles. The molecule has 2 aliphatic rings. The topological polar surface area (TPSA) is 34.2 Å². The molecule has 3 atom stereocenters. The van der Waals surface area contributed by atoms with E-state index in [0.717, 1.165) is 54.6 Å². The molecule has 0 amide bonds. The molecule has 0 aliphatic heterocycles. The summed E-state index contributed by atoms with van der Waals surface area (Å²) in [6, 6.07) is 4.13. The number of fused-ring (bicyclic) bond motifs is 2. The Morgan fingerprint density at radius 2 is 2.20 bits per heavy atom. The zero-order chi connectivity index (χ0) is 13.9. The Hall–Kier alpha value is -1.09. The van der Waals surface area contributed by atoms with Gasteiger partial charge in [-0.15, -0.1) is 0 Å². The van der Waals surface area contributed by atoms with Crippen LogP contribution < -0.4 is 10.1 Å². The summed E-state index contributed by atoms with van der Waals surface area (Å²) >= 11 is 0. The molecule has 2 bridgehead atoms. The van der Waals surface area contributed by atoms with Crippen LogP contribution in [-0.2, 0) is 6.54 Å². The molecule has 3 rings (SSSR count). The Morgan fingerprint density at radius 3 is 2.90 bits per heavy atom. The number of aromatic nitrogens is 1. The van der Waals surface area contributed by atoms with Gasteiger partial charge in [-0.2, -0.15) is 0 Å². The molecule has 3 heteroatoms. The molecular formula is C17H26N2O. The minimum absolute atomic E-state index is 0.780. The average Bonchev–Trinajstić information content (AvgIpc) is 3.06. The first kappa shape index (κ1) is 13.9. The van der Waals surface area contributed by atoms with Gasteiger partial charge in [0.25, 0.3) is 0 Å². The lowest BCUT2D eigenvalue weighted by molar-refractivity contribution is 0.193. The maximum absolute atomic E-state index is 6.12. The zero-order valence-electron chi connectivity index (χ0n) is 12.7. The van der Waals surface area contributed by atoms with E-state index in [1.807, 2.05) is 13.0 Å². The molecule has 1 heterocycles. The van der Waals surface area contributed by atoms with Crippen molar-refractivity contribution in [1.29, 1.82) is 0 Å². The summed E-state index contributed by atoms with van der Waals surface area (Å²) in [6.07, 6.45) is 5.71. The highest BCUT2D eigenvalue weighted by molar-refractivity contribution is 5.29. The van der Waals surface area contributed by atoms with E-state index in [9.17, 15) is 0 Å². The minimum Gasteiger partial charge on any atom is -0.491 e. The van der Waals surface area contributed by atoms with Gasteiger partial charge in [0.15, 0.2) is 0 Å². The largest absolute Gasteiger partial charge is 0.491 e. The molecule has 0 radical (unpaired) electrons. The summed E-state index contributed by atoms with van der Waals surface area (Å²) in [5.74, 6) is 3.67. The SMILES string of the molecule is CCNCc1nc(C)ccc1OCC1CC2CCC1C2. The molecule has 2 fully saturated rings. The van der Waals surface area contributed by atoms with Crippen molar-refractivity contribution in [3.8, 4) is 5.75 Å². The van der Waals surface area contributed by atoms with Crippen LogP contribution in [0.15, 0.2) is 12.1 Å². The van der Waals surface area contributed by atoms with Gasteiger partial charge in [0.2, 0.25) is 0 Å². The van der Waals surface area contributed by atoms with Crippen molar-refractivity contribution in [3.05, 3.63) is 23.5 Å². The van der Waals surface area contributed by atoms with Gasteiger partial charge < -0.3 is 10.1 Å². The van der Waals surface area contributed by atoms with Crippen LogP contribution in [0.4, 0.5) is 0 Å². The lowest BCUT2D eigenvalue weighted by atomic mass is 9.89. The Bertz CT molecular complexity index is 460. The predicted octanol–water partition coefficient (Wildman–Crippen LogP) is 3.31. The second-order valence-corrected chi connectivity index (χ2v) is 6.42. The van der Waals surface area contributed by atoms with E-state index in [1.165, 1.54) is 25.7 Å². The molecule has 1 aromatic heterocycles. The van der Waals surface area contributed by atoms with Crippen LogP contribution in [-0.4, -0.2) is 18.1 Å². The van der Waals surface area contributed by atoms with Crippen molar-refractivity contribution in [2.75, 3.05) is 13.2 Å². The van der Waals surface area contributed by atoms with E-state index in [4.69, 9.17) is 4.74 Å². The number of ether oxygens (including phenoxy) is 1. The van der Waals surface area contributed by atoms with E-state index < -0.39 is 0 Å². The van der Waals surface area contributed by atoms with Crippen LogP contribution in [0, 0.1) is 24.7 Å². The molecule has 20 heavy (non-hydrogen) atoms. The highest BCUT2D eigenvalue weighted by Gasteiger charge is 2.39. The van der Waals surface area contributed by atoms with E-state index in [1.54, 1.807) is 0 Å². The molecule has 0 spiro atoms. The van der Waals surface area contributed by atoms with E-state index >= 15 is 0 Å². The van der Waals surface area contributed by atoms with E-state index in [2.05, 4.69) is 23.3 Å². The Labute approximate surface area is 122 Å². The van der Waals surface area contributed by atoms with Crippen molar-refractivity contribution in [3.63, 3.8) is 0 Å². The third-order valence-corrected chi connectivity index (χ3v) is 4.95. The van der Waals surface area contributed by atoms with Crippen LogP contribution in [0.3, 0.4) is 0 Å². The monoisotopic (exact) mass is 274 g/mol. The summed E-state index contributed by atoms with van der Waals surface area (Å²) in [4.78, 5) is 4.62. The first-order valence-corrected chi connectivity index (χ1v) is 8.06. The number of pyridine rings is 1. The minimum atomic E-state index is 0.780. The van der Waals surface area contributed by atoms with Gasteiger partial charge in [0.05, 0.1) is 12.3 Å². The maximum atomic E-state index is 6.12. The standard InChI is InChI=1S/C17H26N2O/c1-3-18-10-16-17(7-4-12(2)19-16)20-11-15-9-13-5-6-14(15)8-13/h4,7,13-15,18H,3,5-6,8-11H2,1-2H3. The lowest BCUT2D eigenvalue weighted by Gasteiger charge is -2.22. The van der Waals surface area contributed by atoms with Gasteiger partial charge in [0.1, 0.15) is 5.75 Å². The highest BCUT2D eigenvalue weighted by atomic mass is 16.5. The maximum Gasteiger partial charge on any atom is 0.142 e. The second-order valence-electron chi connectivity index (χ2n) is 6.42. The number of hydrogen-bond donors (Lipinski definition) is 1. The fourth-order valence-electron chi connectivity index (χ4n) is 3.88. The zero-order valence-corrected chi connectivity index (χ0v) is 12.7. The normalized spacial score (nSPS) is 28.0. The second kappa shape index (κ2) is 6.13. The van der Waals surface area contributed by atoms with Crippen molar-refractivity contribution < 1.29 is 4.74 Å². The van der Waals surface area contributed by atoms with Crippen LogP contribution in [0.2, 0.25) is 0 Å². The molecule has 3 nitrogen and oxygen atoms in total. The Morgan fingerprint density at radius 1 is 1.30 bits per heavy atom. The van der Waals surface area contributed by atoms with Crippen LogP contribution >= 0.6 is 0 Å². The molecule has 3 unspecified atom stereocenters. The lowest BCUT2D eigenvalue weighted by Crippen LogP contribution is -2.20. The first-order valence-electron chi connectivity index (χ1n) is 8.06. The Kier molecular flexibility index (Phi) is 4.25. The Balaban J connectivity index is 1.61. The van der Waals surface area contributed by atoms with Crippen molar-refractivity contribution >= 4 is 0 Å². The number of aryl methyl sites for hydroxylation is 1. The summed E-state index contributed by atoms with van der Waals surface area (Å²) in [5.41, 5.74) is 2.11. The molecular weight excluding hydrogens is 248 g/mol. The molecule has 1 N–H and O–H groups in total. The summed E-state index contributed by atoms with van der Waals surface area (Å²) in [6.45, 7) is 6.79. The average molecular weight is 274 g/mol. The molecule has 110 valence electrons. The number of nitrogens with one attached hydrogen (secondary N) is 1. The van der Waals surface area contributed by atoms with Gasteiger partial charge in [-0.1, -0.05) is 13.3 Å². The van der Waals surface area contributed by atoms with Gasteiger partial charge >= 0.3 is 0 Å². The molecule has 0 aromatic carbocycles. The fraction of sp³-hybridized carbons (Fsp3) is 0.706. The summed E-state index contributed by atoms with van der Waals surface area (Å²) in [7, 11) is 0. The van der Waals surface area contributed by atoms with Gasteiger partial charge in [-0.05, 0) is 62.6 Å². The van der Waals surface area contributed by atoms with Crippen LogP contribution in [0.5, 0.6) is 5.75 Å². The van der Waals surface area contributed by atoms with Gasteiger partial charge in [0, 0.05) is 12.2 Å². The molecule has 2 saturated carbocycles.